The van der Waals surface area contributed by atoms with E-state index in [4.69, 9.17) is 0 Å². The Morgan fingerprint density at radius 3 is 3.18 bits per heavy atom. The van der Waals surface area contributed by atoms with Gasteiger partial charge in [-0.3, -0.25) is 9.80 Å². The van der Waals surface area contributed by atoms with E-state index in [0.717, 1.165) is 12.6 Å². The molecule has 2 saturated heterocycles. The summed E-state index contributed by atoms with van der Waals surface area (Å²) in [5, 5.41) is 3.35. The van der Waals surface area contributed by atoms with Gasteiger partial charge in [-0.15, -0.1) is 11.3 Å². The Bertz CT molecular complexity index is 352. The molecule has 4 heteroatoms. The van der Waals surface area contributed by atoms with Crippen LogP contribution in [0.4, 0.5) is 0 Å². The Morgan fingerprint density at radius 1 is 1.41 bits per heavy atom. The monoisotopic (exact) mass is 251 g/mol. The van der Waals surface area contributed by atoms with Gasteiger partial charge in [0.15, 0.2) is 0 Å². The molecule has 0 bridgehead atoms. The van der Waals surface area contributed by atoms with E-state index in [-0.39, 0.29) is 0 Å². The first-order valence-electron chi connectivity index (χ1n) is 6.69. The molecule has 0 spiro atoms. The van der Waals surface area contributed by atoms with E-state index in [1.165, 1.54) is 43.9 Å². The van der Waals surface area contributed by atoms with Crippen molar-refractivity contribution in [2.45, 2.75) is 44.8 Å². The van der Waals surface area contributed by atoms with E-state index in [1.54, 1.807) is 11.3 Å². The highest BCUT2D eigenvalue weighted by molar-refractivity contribution is 7.09. The van der Waals surface area contributed by atoms with E-state index in [2.05, 4.69) is 27.1 Å². The van der Waals surface area contributed by atoms with Crippen LogP contribution in [-0.4, -0.2) is 46.5 Å². The number of nitrogens with zero attached hydrogens (tertiary/aromatic N) is 3. The van der Waals surface area contributed by atoms with E-state index in [1.807, 2.05) is 6.20 Å². The van der Waals surface area contributed by atoms with Crippen LogP contribution in [0.15, 0.2) is 11.6 Å². The zero-order valence-corrected chi connectivity index (χ0v) is 11.3. The maximum atomic E-state index is 4.41. The van der Waals surface area contributed by atoms with Gasteiger partial charge in [0, 0.05) is 36.8 Å². The minimum absolute atomic E-state index is 0.674. The smallest absolute Gasteiger partial charge is 0.107 e. The second-order valence-electron chi connectivity index (χ2n) is 5.35. The average Bonchev–Trinajstić information content (AvgIpc) is 2.83. The number of piperidine rings is 1. The fraction of sp³-hybridized carbons (Fsp3) is 0.769. The molecule has 2 fully saturated rings. The van der Waals surface area contributed by atoms with Gasteiger partial charge in [-0.2, -0.15) is 0 Å². The van der Waals surface area contributed by atoms with Gasteiger partial charge in [0.1, 0.15) is 5.01 Å². The minimum Gasteiger partial charge on any atom is -0.298 e. The highest BCUT2D eigenvalue weighted by Crippen LogP contribution is 2.25. The van der Waals surface area contributed by atoms with Gasteiger partial charge in [-0.05, 0) is 26.3 Å². The van der Waals surface area contributed by atoms with E-state index < -0.39 is 0 Å². The van der Waals surface area contributed by atoms with Gasteiger partial charge in [-0.1, -0.05) is 6.42 Å². The third kappa shape index (κ3) is 2.54. The SMILES string of the molecule is CC1CN2CCCCC2CN1Cc1nccs1. The Morgan fingerprint density at radius 2 is 2.35 bits per heavy atom. The van der Waals surface area contributed by atoms with Crippen LogP contribution in [0.25, 0.3) is 0 Å². The number of thiazole rings is 1. The molecule has 3 nitrogen and oxygen atoms in total. The molecule has 2 aliphatic heterocycles. The van der Waals surface area contributed by atoms with Crippen molar-refractivity contribution < 1.29 is 0 Å². The number of hydrogen-bond acceptors (Lipinski definition) is 4. The number of rotatable bonds is 2. The highest BCUT2D eigenvalue weighted by atomic mass is 32.1. The van der Waals surface area contributed by atoms with Crippen LogP contribution in [-0.2, 0) is 6.54 Å². The zero-order valence-electron chi connectivity index (χ0n) is 10.5. The van der Waals surface area contributed by atoms with E-state index in [0.29, 0.717) is 6.04 Å². The zero-order chi connectivity index (χ0) is 11.7. The van der Waals surface area contributed by atoms with Gasteiger partial charge in [0.05, 0.1) is 6.54 Å². The average molecular weight is 251 g/mol. The van der Waals surface area contributed by atoms with Crippen molar-refractivity contribution >= 4 is 11.3 Å². The normalized spacial score (nSPS) is 31.4. The molecule has 0 N–H and O–H groups in total. The Hall–Kier alpha value is -0.450. The van der Waals surface area contributed by atoms with Gasteiger partial charge in [0.25, 0.3) is 0 Å². The lowest BCUT2D eigenvalue weighted by molar-refractivity contribution is 0.0110. The quantitative estimate of drug-likeness (QED) is 0.803. The predicted octanol–water partition coefficient (Wildman–Crippen LogP) is 2.20. The largest absolute Gasteiger partial charge is 0.298 e. The maximum absolute atomic E-state index is 4.41. The lowest BCUT2D eigenvalue weighted by Crippen LogP contribution is -2.58. The van der Waals surface area contributed by atoms with Gasteiger partial charge >= 0.3 is 0 Å². The molecule has 2 atom stereocenters. The topological polar surface area (TPSA) is 19.4 Å². The van der Waals surface area contributed by atoms with Gasteiger partial charge < -0.3 is 0 Å². The number of aromatic nitrogens is 1. The fourth-order valence-corrected chi connectivity index (χ4v) is 3.78. The van der Waals surface area contributed by atoms with E-state index in [9.17, 15) is 0 Å². The molecule has 0 amide bonds. The Labute approximate surface area is 107 Å². The van der Waals surface area contributed by atoms with Crippen LogP contribution in [0.5, 0.6) is 0 Å². The van der Waals surface area contributed by atoms with Crippen molar-refractivity contribution in [3.63, 3.8) is 0 Å². The Kier molecular flexibility index (Phi) is 3.45. The molecule has 3 heterocycles. The van der Waals surface area contributed by atoms with E-state index >= 15 is 0 Å². The van der Waals surface area contributed by atoms with Crippen LogP contribution in [0.2, 0.25) is 0 Å². The summed E-state index contributed by atoms with van der Waals surface area (Å²) in [6.07, 6.45) is 6.12. The van der Waals surface area contributed by atoms with Crippen LogP contribution in [0.1, 0.15) is 31.2 Å². The molecule has 1 aromatic heterocycles. The number of hydrogen-bond donors (Lipinski definition) is 0. The summed E-state index contributed by atoms with van der Waals surface area (Å²) >= 11 is 1.78. The fourth-order valence-electron chi connectivity index (χ4n) is 3.14. The first kappa shape index (κ1) is 11.6. The van der Waals surface area contributed by atoms with Crippen LogP contribution in [0.3, 0.4) is 0 Å². The molecule has 3 rings (SSSR count). The second-order valence-corrected chi connectivity index (χ2v) is 6.33. The predicted molar refractivity (Wildman–Crippen MR) is 71.2 cm³/mol. The minimum atomic E-state index is 0.674. The summed E-state index contributed by atoms with van der Waals surface area (Å²) in [5.41, 5.74) is 0. The van der Waals surface area contributed by atoms with Crippen molar-refractivity contribution in [3.05, 3.63) is 16.6 Å². The highest BCUT2D eigenvalue weighted by Gasteiger charge is 2.32. The molecule has 0 saturated carbocycles. The molecule has 1 aromatic rings. The summed E-state index contributed by atoms with van der Waals surface area (Å²) < 4.78 is 0. The third-order valence-corrected chi connectivity index (χ3v) is 4.90. The molecule has 0 aliphatic carbocycles. The van der Waals surface area contributed by atoms with Crippen molar-refractivity contribution in [2.75, 3.05) is 19.6 Å². The first-order chi connectivity index (χ1) is 8.33. The van der Waals surface area contributed by atoms with Crippen molar-refractivity contribution in [1.29, 1.82) is 0 Å². The van der Waals surface area contributed by atoms with Crippen LogP contribution >= 0.6 is 11.3 Å². The molecule has 94 valence electrons. The van der Waals surface area contributed by atoms with Gasteiger partial charge in [-0.25, -0.2) is 4.98 Å². The molecule has 2 unspecified atom stereocenters. The molecule has 0 aromatic carbocycles. The van der Waals surface area contributed by atoms with Crippen molar-refractivity contribution in [2.24, 2.45) is 0 Å². The number of piperazine rings is 1. The Balaban J connectivity index is 1.65. The summed E-state index contributed by atoms with van der Waals surface area (Å²) in [6, 6.07) is 1.48. The number of fused-ring (bicyclic) bond motifs is 1. The summed E-state index contributed by atoms with van der Waals surface area (Å²) in [5.74, 6) is 0. The summed E-state index contributed by atoms with van der Waals surface area (Å²) in [7, 11) is 0. The summed E-state index contributed by atoms with van der Waals surface area (Å²) in [6.45, 7) is 7.21. The molecule has 2 aliphatic rings. The summed E-state index contributed by atoms with van der Waals surface area (Å²) in [4.78, 5) is 9.73. The van der Waals surface area contributed by atoms with Gasteiger partial charge in [0.2, 0.25) is 0 Å². The van der Waals surface area contributed by atoms with Crippen molar-refractivity contribution in [1.82, 2.24) is 14.8 Å². The van der Waals surface area contributed by atoms with Crippen LogP contribution < -0.4 is 0 Å². The molecular weight excluding hydrogens is 230 g/mol. The molecule has 0 radical (unpaired) electrons. The third-order valence-electron chi connectivity index (χ3n) is 4.14. The van der Waals surface area contributed by atoms with Crippen LogP contribution in [0, 0.1) is 0 Å². The molecule has 17 heavy (non-hydrogen) atoms. The maximum Gasteiger partial charge on any atom is 0.107 e. The van der Waals surface area contributed by atoms with Crippen molar-refractivity contribution in [3.8, 4) is 0 Å². The first-order valence-corrected chi connectivity index (χ1v) is 7.57. The standard InChI is InChI=1S/C13H21N3S/c1-11-8-15-6-3-2-4-12(15)9-16(11)10-13-14-5-7-17-13/h5,7,11-12H,2-4,6,8-10H2,1H3. The second kappa shape index (κ2) is 5.04. The lowest BCUT2D eigenvalue weighted by atomic mass is 9.97. The lowest BCUT2D eigenvalue weighted by Gasteiger charge is -2.47. The molecular formula is C13H21N3S.